The molecular weight excluding hydrogens is 747 g/mol. The summed E-state index contributed by atoms with van der Waals surface area (Å²) in [6, 6.07) is 3.72. The maximum atomic E-state index is 11.8. The van der Waals surface area contributed by atoms with Crippen molar-refractivity contribution in [3.8, 4) is 0 Å². The minimum Gasteiger partial charge on any atom is -0.343 e. The zero-order valence-electron chi connectivity index (χ0n) is 44.2. The summed E-state index contributed by atoms with van der Waals surface area (Å²) in [4.78, 5) is 44.1. The summed E-state index contributed by atoms with van der Waals surface area (Å²) in [6.45, 7) is 55.5. The molecule has 0 aromatic rings. The summed E-state index contributed by atoms with van der Waals surface area (Å²) in [5.74, 6) is 0.459. The van der Waals surface area contributed by atoms with Gasteiger partial charge in [0.05, 0.1) is 12.1 Å². The summed E-state index contributed by atoms with van der Waals surface area (Å²) >= 11 is 0. The Morgan fingerprint density at radius 1 is 0.517 bits per heavy atom. The van der Waals surface area contributed by atoms with Crippen LogP contribution >= 0.6 is 0 Å². The fourth-order valence-electron chi connectivity index (χ4n) is 10.1. The van der Waals surface area contributed by atoms with Crippen molar-refractivity contribution in [2.45, 2.75) is 197 Å². The zero-order chi connectivity index (χ0) is 46.7. The van der Waals surface area contributed by atoms with Crippen LogP contribution in [0.1, 0.15) is 144 Å². The van der Waals surface area contributed by atoms with Crippen LogP contribution in [0.15, 0.2) is 0 Å². The number of rotatable bonds is 5. The Balaban J connectivity index is 0.000000376. The van der Waals surface area contributed by atoms with Gasteiger partial charge in [0.15, 0.2) is 0 Å². The lowest BCUT2D eigenvalue weighted by molar-refractivity contribution is -0.148. The summed E-state index contributed by atoms with van der Waals surface area (Å²) < 4.78 is 0. The van der Waals surface area contributed by atoms with E-state index in [9.17, 15) is 9.59 Å². The minimum atomic E-state index is -0.332. The molecule has 11 heteroatoms. The Morgan fingerprint density at radius 3 is 1.45 bits per heavy atom. The highest BCUT2D eigenvalue weighted by molar-refractivity contribution is 5.86. The second-order valence-corrected chi connectivity index (χ2v) is 22.9. The lowest BCUT2D eigenvalue weighted by atomic mass is 9.84. The second-order valence-electron chi connectivity index (χ2n) is 22.9. The number of likely N-dealkylation sites (tertiary alicyclic amines) is 1. The number of amides is 2. The average molecular weight is 850 g/mol. The van der Waals surface area contributed by atoms with Gasteiger partial charge in [-0.3, -0.25) is 29.2 Å². The molecule has 5 aliphatic heterocycles. The highest BCUT2D eigenvalue weighted by Gasteiger charge is 2.41. The third-order valence-electron chi connectivity index (χ3n) is 13.8. The molecule has 1 atom stereocenters. The summed E-state index contributed by atoms with van der Waals surface area (Å²) in [5, 5.41) is 0. The van der Waals surface area contributed by atoms with Gasteiger partial charge in [-0.2, -0.15) is 0 Å². The fourth-order valence-corrected chi connectivity index (χ4v) is 10.1. The number of carbonyl (C=O) groups excluding carboxylic acids is 2. The van der Waals surface area contributed by atoms with Crippen molar-refractivity contribution in [1.82, 2.24) is 44.1 Å². The maximum absolute atomic E-state index is 11.8. The molecule has 2 amide bonds. The van der Waals surface area contributed by atoms with E-state index in [1.165, 1.54) is 65.2 Å². The highest BCUT2D eigenvalue weighted by Crippen LogP contribution is 2.29. The lowest BCUT2D eigenvalue weighted by Crippen LogP contribution is -2.63. The van der Waals surface area contributed by atoms with Crippen LogP contribution in [0.2, 0.25) is 0 Å². The molecule has 0 saturated carbocycles. The quantitative estimate of drug-likeness (QED) is 0.296. The van der Waals surface area contributed by atoms with Crippen molar-refractivity contribution in [3.05, 3.63) is 0 Å². The van der Waals surface area contributed by atoms with Crippen LogP contribution in [0.3, 0.4) is 0 Å². The van der Waals surface area contributed by atoms with E-state index in [4.69, 9.17) is 0 Å². The van der Waals surface area contributed by atoms with E-state index in [1.54, 1.807) is 0 Å². The van der Waals surface area contributed by atoms with Crippen LogP contribution in [0, 0.1) is 5.41 Å². The molecule has 0 unspecified atom stereocenters. The van der Waals surface area contributed by atoms with E-state index in [0.29, 0.717) is 41.7 Å². The Morgan fingerprint density at radius 2 is 1.02 bits per heavy atom. The first-order valence-corrected chi connectivity index (χ1v) is 23.9. The van der Waals surface area contributed by atoms with Crippen molar-refractivity contribution < 1.29 is 9.59 Å². The van der Waals surface area contributed by atoms with Gasteiger partial charge in [-0.1, -0.05) is 13.8 Å². The molecule has 5 heterocycles. The Kier molecular flexibility index (Phi) is 22.8. The predicted molar refractivity (Wildman–Crippen MR) is 259 cm³/mol. The average Bonchev–Trinajstić information content (AvgIpc) is 3.09. The van der Waals surface area contributed by atoms with Gasteiger partial charge in [0.2, 0.25) is 11.8 Å². The first-order chi connectivity index (χ1) is 27.3. The molecule has 0 aromatic heterocycles. The minimum absolute atomic E-state index is 0.108. The van der Waals surface area contributed by atoms with E-state index >= 15 is 0 Å². The molecule has 0 bridgehead atoms. The van der Waals surface area contributed by atoms with Crippen LogP contribution in [-0.2, 0) is 9.59 Å². The van der Waals surface area contributed by atoms with Crippen LogP contribution in [0.5, 0.6) is 0 Å². The third-order valence-corrected chi connectivity index (χ3v) is 13.8. The smallest absolute Gasteiger partial charge is 0.242 e. The molecule has 5 aliphatic rings. The number of likely N-dealkylation sites (N-methyl/N-ethyl adjacent to an activating group) is 4. The first kappa shape index (κ1) is 56.7. The molecule has 5 fully saturated rings. The van der Waals surface area contributed by atoms with Gasteiger partial charge in [0.25, 0.3) is 0 Å². The Hall–Kier alpha value is -1.34. The SMILES string of the molecule is CC(C)N1CC(=O)N(C)CC1(C)C.CC(C)N1CCCC(C)(C)C1.CC(C)N1CCN(C)C(=O)C1(C)C.CC(C)N1CCN(C)CC1(C)C.CC(C)N1CCN(C)[C@@H](C)C1. The van der Waals surface area contributed by atoms with E-state index in [2.05, 4.69) is 166 Å². The first-order valence-electron chi connectivity index (χ1n) is 23.9. The third kappa shape index (κ3) is 17.7. The van der Waals surface area contributed by atoms with Gasteiger partial charge >= 0.3 is 0 Å². The second kappa shape index (κ2) is 24.1. The van der Waals surface area contributed by atoms with E-state index in [-0.39, 0.29) is 22.9 Å². The van der Waals surface area contributed by atoms with Crippen LogP contribution < -0.4 is 0 Å². The molecule has 0 aromatic carbocycles. The number of hydrogen-bond acceptors (Lipinski definition) is 9. The van der Waals surface area contributed by atoms with Crippen LogP contribution in [-0.4, -0.2) is 216 Å². The van der Waals surface area contributed by atoms with E-state index < -0.39 is 0 Å². The number of nitrogens with zero attached hydrogens (tertiary/aromatic N) is 9. The van der Waals surface area contributed by atoms with Crippen molar-refractivity contribution in [2.75, 3.05) is 107 Å². The van der Waals surface area contributed by atoms with Gasteiger partial charge < -0.3 is 24.5 Å². The molecule has 0 aliphatic carbocycles. The normalized spacial score (nSPS) is 26.0. The summed E-state index contributed by atoms with van der Waals surface area (Å²) in [6.07, 6.45) is 2.78. The summed E-state index contributed by atoms with van der Waals surface area (Å²) in [5.41, 5.74) is 0.682. The highest BCUT2D eigenvalue weighted by atomic mass is 16.2. The largest absolute Gasteiger partial charge is 0.343 e. The Bertz CT molecular complexity index is 1260. The molecule has 11 nitrogen and oxygen atoms in total. The van der Waals surface area contributed by atoms with E-state index in [0.717, 1.165) is 31.7 Å². The van der Waals surface area contributed by atoms with Crippen molar-refractivity contribution in [1.29, 1.82) is 0 Å². The fraction of sp³-hybridized carbons (Fsp3) is 0.959. The monoisotopic (exact) mass is 850 g/mol. The standard InChI is InChI=1S/2C10H20N2O.C10H22N2.C10H21N.C9H20N2/c1-8(2)12-6-9(13)11(5)7-10(12,3)4;1-8(2)12-7-6-11(5)9(13)10(12,3)4;1-9(2)12-7-6-11(5)8-10(12,3)4;1-9(2)11-7-5-6-10(3,4)8-11;1-8(2)11-6-5-10(4)9(3)7-11/h2*8H,6-7H2,1-5H3;9H,6-8H2,1-5H3;9H,5-8H2,1-4H3;8-9H,5-7H2,1-4H3/t;;;;9-/m....0/s1. The lowest BCUT2D eigenvalue weighted by Gasteiger charge is -2.48. The van der Waals surface area contributed by atoms with Gasteiger partial charge in [-0.05, 0) is 157 Å². The summed E-state index contributed by atoms with van der Waals surface area (Å²) in [7, 11) is 8.17. The molecule has 0 spiro atoms. The topological polar surface area (TPSA) is 63.3 Å². The maximum Gasteiger partial charge on any atom is 0.242 e. The zero-order valence-corrected chi connectivity index (χ0v) is 44.2. The van der Waals surface area contributed by atoms with Crippen molar-refractivity contribution in [3.63, 3.8) is 0 Å². The number of piperidine rings is 1. The molecule has 5 saturated heterocycles. The molecule has 60 heavy (non-hydrogen) atoms. The molecule has 0 radical (unpaired) electrons. The van der Waals surface area contributed by atoms with Crippen molar-refractivity contribution in [2.24, 2.45) is 5.41 Å². The van der Waals surface area contributed by atoms with Gasteiger partial charge in [-0.15, -0.1) is 0 Å². The number of hydrogen-bond donors (Lipinski definition) is 0. The predicted octanol–water partition coefficient (Wildman–Crippen LogP) is 6.86. The van der Waals surface area contributed by atoms with Gasteiger partial charge in [0, 0.05) is 127 Å². The van der Waals surface area contributed by atoms with Crippen molar-refractivity contribution >= 4 is 11.8 Å². The Labute approximate surface area is 373 Å². The molecule has 5 rings (SSSR count). The van der Waals surface area contributed by atoms with Gasteiger partial charge in [-0.25, -0.2) is 0 Å². The molecular formula is C49H103N9O2. The molecule has 0 N–H and O–H groups in total. The van der Waals surface area contributed by atoms with E-state index in [1.807, 2.05) is 37.7 Å². The molecule has 356 valence electrons. The number of carbonyl (C=O) groups is 2. The van der Waals surface area contributed by atoms with Crippen LogP contribution in [0.4, 0.5) is 0 Å². The van der Waals surface area contributed by atoms with Crippen LogP contribution in [0.25, 0.3) is 0 Å². The number of piperazine rings is 4. The van der Waals surface area contributed by atoms with Gasteiger partial charge in [0.1, 0.15) is 0 Å².